The second-order valence-corrected chi connectivity index (χ2v) is 5.79. The fraction of sp³-hybridized carbons (Fsp3) is 0.250. The van der Waals surface area contributed by atoms with Crippen LogP contribution < -0.4 is 14.8 Å². The van der Waals surface area contributed by atoms with Gasteiger partial charge in [-0.25, -0.2) is 0 Å². The Morgan fingerprint density at radius 1 is 1.08 bits per heavy atom. The Bertz CT molecular complexity index is 899. The number of nitrogens with zero attached hydrogens (tertiary/aromatic N) is 1. The molecule has 0 aliphatic rings. The lowest BCUT2D eigenvalue weighted by atomic mass is 10.1. The van der Waals surface area contributed by atoms with E-state index in [-0.39, 0.29) is 5.91 Å². The second kappa shape index (κ2) is 7.30. The first-order chi connectivity index (χ1) is 12.2. The summed E-state index contributed by atoms with van der Waals surface area (Å²) in [7, 11) is 3.09. The molecule has 3 rings (SSSR count). The molecule has 0 unspecified atom stereocenters. The van der Waals surface area contributed by atoms with Crippen LogP contribution in [0.5, 0.6) is 11.5 Å². The van der Waals surface area contributed by atoms with E-state index in [1.54, 1.807) is 25.3 Å². The summed E-state index contributed by atoms with van der Waals surface area (Å²) in [5, 5.41) is 4.17. The molecule has 0 saturated heterocycles. The van der Waals surface area contributed by atoms with E-state index in [1.165, 1.54) is 23.7 Å². The summed E-state index contributed by atoms with van der Waals surface area (Å²) >= 11 is 0. The van der Waals surface area contributed by atoms with Crippen molar-refractivity contribution in [1.82, 2.24) is 9.88 Å². The van der Waals surface area contributed by atoms with Crippen LogP contribution >= 0.6 is 0 Å². The number of amides is 1. The fourth-order valence-corrected chi connectivity index (χ4v) is 3.09. The van der Waals surface area contributed by atoms with Gasteiger partial charge in [0.25, 0.3) is 5.91 Å². The van der Waals surface area contributed by atoms with E-state index in [0.717, 1.165) is 0 Å². The van der Waals surface area contributed by atoms with Gasteiger partial charge in [0, 0.05) is 24.3 Å². The van der Waals surface area contributed by atoms with Crippen molar-refractivity contribution in [3.8, 4) is 11.5 Å². The number of fused-ring (bicyclic) bond motifs is 1. The molecule has 1 aromatic heterocycles. The van der Waals surface area contributed by atoms with E-state index in [9.17, 15) is 4.79 Å². The van der Waals surface area contributed by atoms with Gasteiger partial charge in [0.2, 0.25) is 0 Å². The molecular formula is C20H22N2O3. The van der Waals surface area contributed by atoms with Gasteiger partial charge in [0.05, 0.1) is 19.8 Å². The number of rotatable bonds is 6. The van der Waals surface area contributed by atoms with Gasteiger partial charge in [-0.3, -0.25) is 4.79 Å². The zero-order valence-electron chi connectivity index (χ0n) is 14.7. The first kappa shape index (κ1) is 16.9. The number of nitrogens with one attached hydrogen (secondary N) is 1. The monoisotopic (exact) mass is 338 g/mol. The fourth-order valence-electron chi connectivity index (χ4n) is 3.09. The Labute approximate surface area is 147 Å². The number of hydrogen-bond donors (Lipinski definition) is 1. The Morgan fingerprint density at radius 2 is 1.88 bits per heavy atom. The molecule has 2 aromatic carbocycles. The third-order valence-electron chi connectivity index (χ3n) is 4.29. The van der Waals surface area contributed by atoms with Crippen molar-refractivity contribution < 1.29 is 14.3 Å². The molecule has 0 radical (unpaired) electrons. The van der Waals surface area contributed by atoms with Crippen molar-refractivity contribution in [1.29, 1.82) is 0 Å². The molecule has 5 nitrogen and oxygen atoms in total. The molecule has 0 atom stereocenters. The van der Waals surface area contributed by atoms with Gasteiger partial charge in [-0.05, 0) is 36.6 Å². The quantitative estimate of drug-likeness (QED) is 0.749. The van der Waals surface area contributed by atoms with Gasteiger partial charge < -0.3 is 19.4 Å². The van der Waals surface area contributed by atoms with E-state index in [0.29, 0.717) is 30.2 Å². The van der Waals surface area contributed by atoms with Gasteiger partial charge in [-0.15, -0.1) is 0 Å². The van der Waals surface area contributed by atoms with Crippen molar-refractivity contribution >= 4 is 16.8 Å². The maximum atomic E-state index is 12.5. The highest BCUT2D eigenvalue weighted by molar-refractivity contribution is 5.97. The molecular weight excluding hydrogens is 316 g/mol. The van der Waals surface area contributed by atoms with Crippen LogP contribution in [0.1, 0.15) is 16.1 Å². The predicted molar refractivity (Wildman–Crippen MR) is 98.6 cm³/mol. The maximum absolute atomic E-state index is 12.5. The SMILES string of the molecule is COc1cccc(C(=O)NCCn2c(C)cc3ccccc32)c1OC. The van der Waals surface area contributed by atoms with Gasteiger partial charge in [0.15, 0.2) is 11.5 Å². The van der Waals surface area contributed by atoms with Crippen LogP contribution in [0.2, 0.25) is 0 Å². The van der Waals surface area contributed by atoms with Crippen molar-refractivity contribution in [2.75, 3.05) is 20.8 Å². The second-order valence-electron chi connectivity index (χ2n) is 5.79. The molecule has 1 amide bonds. The average Bonchev–Trinajstić information content (AvgIpc) is 2.96. The van der Waals surface area contributed by atoms with E-state index in [1.807, 2.05) is 12.1 Å². The minimum absolute atomic E-state index is 0.176. The number of ether oxygens (including phenoxy) is 2. The average molecular weight is 338 g/mol. The molecule has 0 fully saturated rings. The Balaban J connectivity index is 1.72. The minimum atomic E-state index is -0.176. The molecule has 1 N–H and O–H groups in total. The lowest BCUT2D eigenvalue weighted by Crippen LogP contribution is -2.27. The molecule has 3 aromatic rings. The van der Waals surface area contributed by atoms with Gasteiger partial charge in [0.1, 0.15) is 0 Å². The number of carbonyl (C=O) groups excluding carboxylic acids is 1. The smallest absolute Gasteiger partial charge is 0.255 e. The summed E-state index contributed by atoms with van der Waals surface area (Å²) in [6.07, 6.45) is 0. The number of para-hydroxylation sites is 2. The molecule has 0 aliphatic heterocycles. The summed E-state index contributed by atoms with van der Waals surface area (Å²) < 4.78 is 12.8. The van der Waals surface area contributed by atoms with E-state index in [2.05, 4.69) is 35.0 Å². The minimum Gasteiger partial charge on any atom is -0.493 e. The molecule has 130 valence electrons. The Hall–Kier alpha value is -2.95. The highest BCUT2D eigenvalue weighted by Crippen LogP contribution is 2.30. The molecule has 0 bridgehead atoms. The summed E-state index contributed by atoms with van der Waals surface area (Å²) in [5.41, 5.74) is 2.82. The number of methoxy groups -OCH3 is 2. The molecule has 25 heavy (non-hydrogen) atoms. The van der Waals surface area contributed by atoms with Crippen LogP contribution in [0, 0.1) is 6.92 Å². The van der Waals surface area contributed by atoms with Crippen molar-refractivity contribution in [2.45, 2.75) is 13.5 Å². The van der Waals surface area contributed by atoms with Crippen LogP contribution in [0.4, 0.5) is 0 Å². The first-order valence-electron chi connectivity index (χ1n) is 8.19. The normalized spacial score (nSPS) is 10.7. The zero-order valence-corrected chi connectivity index (χ0v) is 14.7. The summed E-state index contributed by atoms with van der Waals surface area (Å²) in [6.45, 7) is 3.31. The van der Waals surface area contributed by atoms with Crippen LogP contribution in [-0.2, 0) is 6.54 Å². The number of benzene rings is 2. The van der Waals surface area contributed by atoms with Crippen molar-refractivity contribution in [2.24, 2.45) is 0 Å². The largest absolute Gasteiger partial charge is 0.493 e. The lowest BCUT2D eigenvalue weighted by molar-refractivity contribution is 0.0948. The number of carbonyl (C=O) groups is 1. The zero-order chi connectivity index (χ0) is 17.8. The van der Waals surface area contributed by atoms with Crippen molar-refractivity contribution in [3.63, 3.8) is 0 Å². The molecule has 1 heterocycles. The van der Waals surface area contributed by atoms with Gasteiger partial charge in [-0.2, -0.15) is 0 Å². The third kappa shape index (κ3) is 3.31. The summed E-state index contributed by atoms with van der Waals surface area (Å²) in [6, 6.07) is 15.7. The van der Waals surface area contributed by atoms with Crippen molar-refractivity contribution in [3.05, 3.63) is 59.8 Å². The number of aromatic nitrogens is 1. The number of hydrogen-bond acceptors (Lipinski definition) is 3. The van der Waals surface area contributed by atoms with Gasteiger partial charge >= 0.3 is 0 Å². The van der Waals surface area contributed by atoms with E-state index < -0.39 is 0 Å². The maximum Gasteiger partial charge on any atom is 0.255 e. The molecule has 0 aliphatic carbocycles. The van der Waals surface area contributed by atoms with E-state index >= 15 is 0 Å². The topological polar surface area (TPSA) is 52.5 Å². The molecule has 5 heteroatoms. The summed E-state index contributed by atoms with van der Waals surface area (Å²) in [5.74, 6) is 0.817. The van der Waals surface area contributed by atoms with Gasteiger partial charge in [-0.1, -0.05) is 24.3 Å². The highest BCUT2D eigenvalue weighted by Gasteiger charge is 2.16. The third-order valence-corrected chi connectivity index (χ3v) is 4.29. The molecule has 0 spiro atoms. The lowest BCUT2D eigenvalue weighted by Gasteiger charge is -2.13. The standard InChI is InChI=1S/C20H22N2O3/c1-14-13-15-7-4-5-9-17(15)22(14)12-11-21-20(23)16-8-6-10-18(24-2)19(16)25-3/h4-10,13H,11-12H2,1-3H3,(H,21,23). The van der Waals surface area contributed by atoms with Crippen LogP contribution in [0.15, 0.2) is 48.5 Å². The summed E-state index contributed by atoms with van der Waals surface area (Å²) in [4.78, 5) is 12.5. The number of aryl methyl sites for hydroxylation is 1. The van der Waals surface area contributed by atoms with Crippen LogP contribution in [0.3, 0.4) is 0 Å². The highest BCUT2D eigenvalue weighted by atomic mass is 16.5. The predicted octanol–water partition coefficient (Wildman–Crippen LogP) is 3.40. The Morgan fingerprint density at radius 3 is 2.64 bits per heavy atom. The first-order valence-corrected chi connectivity index (χ1v) is 8.19. The van der Waals surface area contributed by atoms with Crippen LogP contribution in [0.25, 0.3) is 10.9 Å². The van der Waals surface area contributed by atoms with Crippen LogP contribution in [-0.4, -0.2) is 31.2 Å². The molecule has 0 saturated carbocycles. The van der Waals surface area contributed by atoms with E-state index in [4.69, 9.17) is 9.47 Å². The Kier molecular flexibility index (Phi) is 4.93.